The molecule has 0 aliphatic heterocycles. The number of hydrogen-bond donors (Lipinski definition) is 4. The van der Waals surface area contributed by atoms with Gasteiger partial charge in [0.2, 0.25) is 0 Å². The molecule has 0 aromatic heterocycles. The molecule has 4 atom stereocenters. The van der Waals surface area contributed by atoms with Gasteiger partial charge in [-0.2, -0.15) is 0 Å². The van der Waals surface area contributed by atoms with Crippen molar-refractivity contribution in [2.24, 2.45) is 0 Å². The number of fused-ring (bicyclic) bond motifs is 3. The summed E-state index contributed by atoms with van der Waals surface area (Å²) < 4.78 is 24.4. The largest absolute Gasteiger partial charge is 0.491 e. The molecule has 0 radical (unpaired) electrons. The SMILES string of the molecule is CC(O)COc1ccc(C2(c3ccc(OCC(C)O)cc3OCC(C)O)c3ccccc3-c3ccccc32)c(OCC(C)O)c1. The van der Waals surface area contributed by atoms with Gasteiger partial charge in [0.05, 0.1) is 29.8 Å². The first-order valence-corrected chi connectivity index (χ1v) is 15.3. The fourth-order valence-electron chi connectivity index (χ4n) is 5.86. The van der Waals surface area contributed by atoms with Crippen molar-refractivity contribution in [1.82, 2.24) is 0 Å². The Morgan fingerprint density at radius 1 is 0.467 bits per heavy atom. The fourth-order valence-corrected chi connectivity index (χ4v) is 5.86. The highest BCUT2D eigenvalue weighted by Gasteiger charge is 2.49. The van der Waals surface area contributed by atoms with E-state index in [9.17, 15) is 20.4 Å². The molecule has 4 unspecified atom stereocenters. The standard InChI is InChI=1S/C37H42O8/c1-23(38)19-42-27-13-15-33(35(17-27)44-21-25(3)40)37(31-11-7-5-9-29(31)30-10-6-8-12-32(30)37)34-16-14-28(43-20-24(2)39)18-36(34)45-22-26(4)41/h5-18,23-26,38-41H,19-22H2,1-4H3. The van der Waals surface area contributed by atoms with Crippen molar-refractivity contribution in [1.29, 1.82) is 0 Å². The van der Waals surface area contributed by atoms with Crippen LogP contribution in [-0.2, 0) is 5.41 Å². The van der Waals surface area contributed by atoms with Crippen molar-refractivity contribution >= 4 is 0 Å². The van der Waals surface area contributed by atoms with Gasteiger partial charge >= 0.3 is 0 Å². The van der Waals surface area contributed by atoms with Crippen LogP contribution in [0.3, 0.4) is 0 Å². The predicted molar refractivity (Wildman–Crippen MR) is 172 cm³/mol. The minimum absolute atomic E-state index is 0.0454. The number of rotatable bonds is 14. The average molecular weight is 615 g/mol. The van der Waals surface area contributed by atoms with Crippen LogP contribution in [0, 0.1) is 0 Å². The van der Waals surface area contributed by atoms with Gasteiger partial charge in [0.1, 0.15) is 49.4 Å². The molecule has 45 heavy (non-hydrogen) atoms. The van der Waals surface area contributed by atoms with Crippen molar-refractivity contribution in [3.63, 3.8) is 0 Å². The Morgan fingerprint density at radius 2 is 0.822 bits per heavy atom. The van der Waals surface area contributed by atoms with Crippen molar-refractivity contribution in [2.45, 2.75) is 57.5 Å². The lowest BCUT2D eigenvalue weighted by molar-refractivity contribution is 0.117. The zero-order valence-corrected chi connectivity index (χ0v) is 26.1. The summed E-state index contributed by atoms with van der Waals surface area (Å²) in [5, 5.41) is 40.2. The van der Waals surface area contributed by atoms with Gasteiger partial charge in [-0.15, -0.1) is 0 Å². The van der Waals surface area contributed by atoms with E-state index in [1.54, 1.807) is 39.8 Å². The molecule has 4 aromatic rings. The second kappa shape index (κ2) is 13.9. The molecule has 1 aliphatic rings. The number of benzene rings is 4. The second-order valence-electron chi connectivity index (χ2n) is 11.8. The number of aliphatic hydroxyl groups is 4. The molecule has 1 aliphatic carbocycles. The third-order valence-electron chi connectivity index (χ3n) is 7.61. The summed E-state index contributed by atoms with van der Waals surface area (Å²) in [7, 11) is 0. The third-order valence-corrected chi connectivity index (χ3v) is 7.61. The molecule has 0 spiro atoms. The minimum Gasteiger partial charge on any atom is -0.491 e. The average Bonchev–Trinajstić information content (AvgIpc) is 3.31. The Morgan fingerprint density at radius 3 is 1.20 bits per heavy atom. The topological polar surface area (TPSA) is 118 Å². The summed E-state index contributed by atoms with van der Waals surface area (Å²) in [5.74, 6) is 2.03. The Bertz CT molecular complexity index is 1470. The molecular weight excluding hydrogens is 572 g/mol. The van der Waals surface area contributed by atoms with Crippen LogP contribution >= 0.6 is 0 Å². The summed E-state index contributed by atoms with van der Waals surface area (Å²) in [6.07, 6.45) is -2.77. The first-order valence-electron chi connectivity index (χ1n) is 15.3. The molecule has 8 nitrogen and oxygen atoms in total. The Hall–Kier alpha value is -4.08. The molecule has 4 N–H and O–H groups in total. The minimum atomic E-state index is -0.957. The normalized spacial score (nSPS) is 15.7. The number of hydrogen-bond acceptors (Lipinski definition) is 8. The van der Waals surface area contributed by atoms with Crippen LogP contribution in [0.4, 0.5) is 0 Å². The van der Waals surface area contributed by atoms with E-state index >= 15 is 0 Å². The van der Waals surface area contributed by atoms with Crippen LogP contribution in [0.1, 0.15) is 49.9 Å². The van der Waals surface area contributed by atoms with E-state index in [4.69, 9.17) is 18.9 Å². The van der Waals surface area contributed by atoms with E-state index in [1.165, 1.54) is 0 Å². The van der Waals surface area contributed by atoms with Gasteiger partial charge in [-0.25, -0.2) is 0 Å². The summed E-state index contributed by atoms with van der Waals surface area (Å²) in [4.78, 5) is 0. The van der Waals surface area contributed by atoms with Crippen molar-refractivity contribution in [2.75, 3.05) is 26.4 Å². The van der Waals surface area contributed by atoms with Crippen LogP contribution in [-0.4, -0.2) is 71.3 Å². The summed E-state index contributed by atoms with van der Waals surface area (Å²) in [6, 6.07) is 27.7. The van der Waals surface area contributed by atoms with Gasteiger partial charge in [0.25, 0.3) is 0 Å². The summed E-state index contributed by atoms with van der Waals surface area (Å²) >= 11 is 0. The zero-order chi connectivity index (χ0) is 32.1. The Labute approximate surface area is 264 Å². The molecule has 0 heterocycles. The van der Waals surface area contributed by atoms with Gasteiger partial charge in [-0.3, -0.25) is 0 Å². The van der Waals surface area contributed by atoms with Crippen LogP contribution in [0.15, 0.2) is 84.9 Å². The molecular formula is C37H42O8. The summed E-state index contributed by atoms with van der Waals surface area (Å²) in [6.45, 7) is 6.95. The number of aliphatic hydroxyl groups excluding tert-OH is 4. The van der Waals surface area contributed by atoms with E-state index in [0.29, 0.717) is 23.0 Å². The molecule has 4 aromatic carbocycles. The van der Waals surface area contributed by atoms with E-state index < -0.39 is 29.8 Å². The third kappa shape index (κ3) is 6.79. The lowest BCUT2D eigenvalue weighted by Gasteiger charge is -2.36. The lowest BCUT2D eigenvalue weighted by atomic mass is 9.67. The molecule has 0 fully saturated rings. The van der Waals surface area contributed by atoms with Gasteiger partial charge in [-0.1, -0.05) is 60.7 Å². The van der Waals surface area contributed by atoms with Crippen molar-refractivity contribution in [3.8, 4) is 34.1 Å². The maximum atomic E-state index is 10.2. The van der Waals surface area contributed by atoms with E-state index in [2.05, 4.69) is 24.3 Å². The smallest absolute Gasteiger partial charge is 0.127 e. The molecule has 0 amide bonds. The Kier molecular flexibility index (Phi) is 9.99. The molecule has 238 valence electrons. The predicted octanol–water partition coefficient (Wildman–Crippen LogP) is 5.09. The van der Waals surface area contributed by atoms with Gasteiger partial charge in [0.15, 0.2) is 0 Å². The molecule has 8 heteroatoms. The van der Waals surface area contributed by atoms with Crippen LogP contribution in [0.25, 0.3) is 11.1 Å². The van der Waals surface area contributed by atoms with E-state index in [-0.39, 0.29) is 26.4 Å². The molecule has 0 bridgehead atoms. The number of ether oxygens (including phenoxy) is 4. The maximum Gasteiger partial charge on any atom is 0.127 e. The molecule has 0 saturated heterocycles. The highest BCUT2D eigenvalue weighted by atomic mass is 16.5. The monoisotopic (exact) mass is 614 g/mol. The fraction of sp³-hybridized carbons (Fsp3) is 0.351. The van der Waals surface area contributed by atoms with Gasteiger partial charge in [-0.05, 0) is 62.1 Å². The van der Waals surface area contributed by atoms with Crippen LogP contribution < -0.4 is 18.9 Å². The first kappa shape index (κ1) is 32.3. The second-order valence-corrected chi connectivity index (χ2v) is 11.8. The van der Waals surface area contributed by atoms with Gasteiger partial charge < -0.3 is 39.4 Å². The highest BCUT2D eigenvalue weighted by Crippen LogP contribution is 2.60. The van der Waals surface area contributed by atoms with Crippen LogP contribution in [0.5, 0.6) is 23.0 Å². The van der Waals surface area contributed by atoms with Crippen LogP contribution in [0.2, 0.25) is 0 Å². The quantitative estimate of drug-likeness (QED) is 0.137. The van der Waals surface area contributed by atoms with E-state index in [1.807, 2.05) is 48.5 Å². The molecule has 5 rings (SSSR count). The zero-order valence-electron chi connectivity index (χ0n) is 26.1. The summed E-state index contributed by atoms with van der Waals surface area (Å²) in [5.41, 5.74) is 4.75. The highest BCUT2D eigenvalue weighted by molar-refractivity contribution is 5.87. The van der Waals surface area contributed by atoms with E-state index in [0.717, 1.165) is 33.4 Å². The maximum absolute atomic E-state index is 10.2. The van der Waals surface area contributed by atoms with Crippen molar-refractivity contribution in [3.05, 3.63) is 107 Å². The lowest BCUT2D eigenvalue weighted by Crippen LogP contribution is -2.31. The first-order chi connectivity index (χ1) is 21.6. The van der Waals surface area contributed by atoms with Crippen molar-refractivity contribution < 1.29 is 39.4 Å². The molecule has 0 saturated carbocycles. The Balaban J connectivity index is 1.83. The van der Waals surface area contributed by atoms with Gasteiger partial charge in [0, 0.05) is 23.3 Å².